The smallest absolute Gasteiger partial charge is 0.341 e. The van der Waals surface area contributed by atoms with E-state index in [2.05, 4.69) is 10.6 Å². The first-order valence-electron chi connectivity index (χ1n) is 10.0. The van der Waals surface area contributed by atoms with E-state index in [4.69, 9.17) is 4.74 Å². The lowest BCUT2D eigenvalue weighted by Gasteiger charge is -2.24. The number of ether oxygens (including phenoxy) is 1. The zero-order valence-electron chi connectivity index (χ0n) is 17.5. The highest BCUT2D eigenvalue weighted by Gasteiger charge is 2.50. The second-order valence-corrected chi connectivity index (χ2v) is 8.32. The molecule has 1 aromatic heterocycles. The van der Waals surface area contributed by atoms with E-state index in [0.29, 0.717) is 10.6 Å². The summed E-state index contributed by atoms with van der Waals surface area (Å²) in [5, 5.41) is 9.06. The summed E-state index contributed by atoms with van der Waals surface area (Å²) in [6.07, 6.45) is 0. The average molecular weight is 452 g/mol. The predicted molar refractivity (Wildman–Crippen MR) is 120 cm³/mol. The van der Waals surface area contributed by atoms with Gasteiger partial charge in [0, 0.05) is 0 Å². The van der Waals surface area contributed by atoms with Gasteiger partial charge >= 0.3 is 12.0 Å². The number of esters is 1. The van der Waals surface area contributed by atoms with Gasteiger partial charge in [-0.3, -0.25) is 14.5 Å². The van der Waals surface area contributed by atoms with E-state index in [1.807, 2.05) is 36.4 Å². The minimum atomic E-state index is -1.31. The summed E-state index contributed by atoms with van der Waals surface area (Å²) >= 11 is 1.15. The Morgan fingerprint density at radius 1 is 1.12 bits per heavy atom. The summed E-state index contributed by atoms with van der Waals surface area (Å²) in [6.45, 7) is 3.04. The van der Waals surface area contributed by atoms with Crippen LogP contribution in [0.4, 0.5) is 9.80 Å². The van der Waals surface area contributed by atoms with Gasteiger partial charge in [0.2, 0.25) is 5.91 Å². The number of carbonyl (C=O) groups excluding carboxylic acids is 4. The highest BCUT2D eigenvalue weighted by molar-refractivity contribution is 7.14. The van der Waals surface area contributed by atoms with Gasteiger partial charge in [0.1, 0.15) is 17.1 Å². The number of urea groups is 1. The third-order valence-corrected chi connectivity index (χ3v) is 6.15. The molecule has 0 bridgehead atoms. The highest BCUT2D eigenvalue weighted by Crippen LogP contribution is 2.34. The van der Waals surface area contributed by atoms with E-state index < -0.39 is 35.9 Å². The van der Waals surface area contributed by atoms with Crippen LogP contribution in [0.15, 0.2) is 53.9 Å². The molecule has 32 heavy (non-hydrogen) atoms. The molecule has 1 aliphatic heterocycles. The lowest BCUT2D eigenvalue weighted by atomic mass is 9.88. The number of nitrogens with zero attached hydrogens (tertiary/aromatic N) is 1. The van der Waals surface area contributed by atoms with Crippen molar-refractivity contribution in [3.05, 3.63) is 65.0 Å². The Hall–Kier alpha value is -3.72. The second-order valence-electron chi connectivity index (χ2n) is 7.41. The molecule has 2 N–H and O–H groups in total. The van der Waals surface area contributed by atoms with Crippen LogP contribution >= 0.6 is 11.3 Å². The number of fused-ring (bicyclic) bond motifs is 1. The molecule has 1 unspecified atom stereocenters. The van der Waals surface area contributed by atoms with Crippen LogP contribution in [0.5, 0.6) is 0 Å². The van der Waals surface area contributed by atoms with Gasteiger partial charge in [-0.2, -0.15) is 0 Å². The Balaban J connectivity index is 1.54. The van der Waals surface area contributed by atoms with Gasteiger partial charge < -0.3 is 15.4 Å². The minimum Gasteiger partial charge on any atom is -0.462 e. The summed E-state index contributed by atoms with van der Waals surface area (Å²) in [5.41, 5.74) is -0.431. The molecule has 9 heteroatoms. The number of imide groups is 1. The van der Waals surface area contributed by atoms with Crippen LogP contribution in [-0.4, -0.2) is 41.9 Å². The van der Waals surface area contributed by atoms with Crippen LogP contribution in [0.2, 0.25) is 0 Å². The number of anilines is 1. The van der Waals surface area contributed by atoms with Crippen LogP contribution in [-0.2, 0) is 19.9 Å². The molecule has 164 valence electrons. The predicted octanol–water partition coefficient (Wildman–Crippen LogP) is 3.48. The van der Waals surface area contributed by atoms with Gasteiger partial charge in [-0.05, 0) is 41.6 Å². The number of thiophene rings is 1. The Morgan fingerprint density at radius 2 is 1.88 bits per heavy atom. The van der Waals surface area contributed by atoms with E-state index in [9.17, 15) is 19.2 Å². The van der Waals surface area contributed by atoms with Gasteiger partial charge in [0.05, 0.1) is 12.2 Å². The molecule has 1 atom stereocenters. The van der Waals surface area contributed by atoms with Crippen molar-refractivity contribution in [1.29, 1.82) is 0 Å². The Labute approximate surface area is 188 Å². The summed E-state index contributed by atoms with van der Waals surface area (Å²) < 4.78 is 4.98. The maximum absolute atomic E-state index is 13.3. The number of benzene rings is 2. The molecule has 4 amide bonds. The van der Waals surface area contributed by atoms with Crippen molar-refractivity contribution < 1.29 is 23.9 Å². The summed E-state index contributed by atoms with van der Waals surface area (Å²) in [4.78, 5) is 51.4. The normalized spacial score (nSPS) is 18.0. The zero-order chi connectivity index (χ0) is 22.9. The van der Waals surface area contributed by atoms with Crippen molar-refractivity contribution in [2.45, 2.75) is 19.4 Å². The van der Waals surface area contributed by atoms with Crippen molar-refractivity contribution in [2.24, 2.45) is 0 Å². The largest absolute Gasteiger partial charge is 0.462 e. The van der Waals surface area contributed by atoms with Gasteiger partial charge in [-0.25, -0.2) is 9.59 Å². The number of hydrogen-bond acceptors (Lipinski definition) is 6. The van der Waals surface area contributed by atoms with E-state index in [1.165, 1.54) is 0 Å². The molecule has 2 aromatic carbocycles. The van der Waals surface area contributed by atoms with Gasteiger partial charge in [-0.15, -0.1) is 11.3 Å². The topological polar surface area (TPSA) is 105 Å². The maximum atomic E-state index is 13.3. The molecule has 4 rings (SSSR count). The molecule has 3 aromatic rings. The fourth-order valence-corrected chi connectivity index (χ4v) is 4.56. The van der Waals surface area contributed by atoms with E-state index >= 15 is 0 Å². The third kappa shape index (κ3) is 3.71. The number of nitrogens with one attached hydrogen (secondary N) is 2. The summed E-state index contributed by atoms with van der Waals surface area (Å²) in [5.74, 6) is -1.67. The number of amides is 4. The van der Waals surface area contributed by atoms with Crippen molar-refractivity contribution >= 4 is 50.9 Å². The van der Waals surface area contributed by atoms with Gasteiger partial charge in [-0.1, -0.05) is 42.5 Å². The standard InChI is InChI=1S/C23H21N3O5S/c1-3-31-20(28)16-11-12-32-19(16)24-18(27)13-26-21(29)23(2,25-22(26)30)17-10-6-8-14-7-4-5-9-15(14)17/h4-12H,3,13H2,1-2H3,(H,24,27)(H,25,30). The van der Waals surface area contributed by atoms with Crippen molar-refractivity contribution in [3.8, 4) is 0 Å². The Morgan fingerprint density at radius 3 is 2.66 bits per heavy atom. The molecule has 2 heterocycles. The number of rotatable bonds is 6. The monoisotopic (exact) mass is 451 g/mol. The molecule has 1 aliphatic rings. The van der Waals surface area contributed by atoms with Gasteiger partial charge in [0.15, 0.2) is 0 Å². The first kappa shape index (κ1) is 21.5. The quantitative estimate of drug-likeness (QED) is 0.441. The Bertz CT molecular complexity index is 1230. The zero-order valence-corrected chi connectivity index (χ0v) is 18.3. The van der Waals surface area contributed by atoms with Crippen LogP contribution in [0, 0.1) is 0 Å². The molecule has 1 fully saturated rings. The molecule has 0 saturated carbocycles. The van der Waals surface area contributed by atoms with E-state index in [-0.39, 0.29) is 12.2 Å². The van der Waals surface area contributed by atoms with Crippen LogP contribution < -0.4 is 10.6 Å². The average Bonchev–Trinajstić information content (AvgIpc) is 3.32. The second kappa shape index (κ2) is 8.43. The van der Waals surface area contributed by atoms with Crippen molar-refractivity contribution in [3.63, 3.8) is 0 Å². The minimum absolute atomic E-state index is 0.206. The van der Waals surface area contributed by atoms with E-state index in [1.54, 1.807) is 31.4 Å². The Kier molecular flexibility index (Phi) is 5.67. The molecule has 1 saturated heterocycles. The van der Waals surface area contributed by atoms with E-state index in [0.717, 1.165) is 27.0 Å². The lowest BCUT2D eigenvalue weighted by molar-refractivity contribution is -0.133. The fourth-order valence-electron chi connectivity index (χ4n) is 3.77. The highest BCUT2D eigenvalue weighted by atomic mass is 32.1. The molecule has 8 nitrogen and oxygen atoms in total. The van der Waals surface area contributed by atoms with Crippen molar-refractivity contribution in [2.75, 3.05) is 18.5 Å². The molecule has 0 aliphatic carbocycles. The maximum Gasteiger partial charge on any atom is 0.341 e. The number of hydrogen-bond donors (Lipinski definition) is 2. The molecule has 0 spiro atoms. The summed E-state index contributed by atoms with van der Waals surface area (Å²) in [6, 6.07) is 14.0. The molecule has 0 radical (unpaired) electrons. The van der Waals surface area contributed by atoms with Crippen LogP contribution in [0.1, 0.15) is 29.8 Å². The SMILES string of the molecule is CCOC(=O)c1ccsc1NC(=O)CN1C(=O)NC(C)(c2cccc3ccccc23)C1=O. The molecular weight excluding hydrogens is 430 g/mol. The number of carbonyl (C=O) groups is 4. The van der Waals surface area contributed by atoms with Gasteiger partial charge in [0.25, 0.3) is 5.91 Å². The lowest BCUT2D eigenvalue weighted by Crippen LogP contribution is -2.42. The third-order valence-electron chi connectivity index (χ3n) is 5.32. The van der Waals surface area contributed by atoms with Crippen molar-refractivity contribution in [1.82, 2.24) is 10.2 Å². The van der Waals surface area contributed by atoms with Crippen LogP contribution in [0.3, 0.4) is 0 Å². The first-order chi connectivity index (χ1) is 15.3. The fraction of sp³-hybridized carbons (Fsp3) is 0.217. The molecular formula is C23H21N3O5S. The summed E-state index contributed by atoms with van der Waals surface area (Å²) in [7, 11) is 0. The first-order valence-corrected chi connectivity index (χ1v) is 10.9. The van der Waals surface area contributed by atoms with Crippen LogP contribution in [0.25, 0.3) is 10.8 Å².